The van der Waals surface area contributed by atoms with Crippen molar-refractivity contribution >= 4 is 17.7 Å². The normalized spacial score (nSPS) is 17.2. The molecule has 1 N–H and O–H groups in total. The van der Waals surface area contributed by atoms with Crippen LogP contribution in [-0.4, -0.2) is 74.3 Å². The number of nitrogens with zero attached hydrogens (tertiary/aromatic N) is 4. The molecule has 1 fully saturated rings. The fraction of sp³-hybridized carbons (Fsp3) is 0.524. The fourth-order valence-corrected chi connectivity index (χ4v) is 3.41. The highest BCUT2D eigenvalue weighted by Crippen LogP contribution is 2.18. The van der Waals surface area contributed by atoms with Gasteiger partial charge >= 0.3 is 6.09 Å². The molecule has 1 amide bonds. The first-order chi connectivity index (χ1) is 13.7. The molecule has 1 aromatic rings. The lowest BCUT2D eigenvalue weighted by Crippen LogP contribution is -2.53. The van der Waals surface area contributed by atoms with Crippen molar-refractivity contribution in [2.75, 3.05) is 57.3 Å². The summed E-state index contributed by atoms with van der Waals surface area (Å²) in [6, 6.07) is 8.64. The smallest absolute Gasteiger partial charge is 0.409 e. The van der Waals surface area contributed by atoms with Gasteiger partial charge in [0.15, 0.2) is 5.96 Å². The summed E-state index contributed by atoms with van der Waals surface area (Å²) in [6.45, 7) is 10.6. The van der Waals surface area contributed by atoms with E-state index < -0.39 is 0 Å². The van der Waals surface area contributed by atoms with E-state index in [1.165, 1.54) is 11.3 Å². The third-order valence-corrected chi connectivity index (χ3v) is 4.97. The van der Waals surface area contributed by atoms with Crippen molar-refractivity contribution in [3.8, 4) is 0 Å². The number of anilines is 1. The van der Waals surface area contributed by atoms with E-state index in [2.05, 4.69) is 58.5 Å². The van der Waals surface area contributed by atoms with Crippen molar-refractivity contribution in [3.05, 3.63) is 42.0 Å². The standard InChI is InChI=1S/C21H31N5O2/c1-3-22-20(25-13-15-26(16-14-25)21(27)28-4-2)23-17-18-7-9-19(10-8-18)24-11-5-6-12-24/h5-10H,3-4,11-17H2,1-2H3,(H,22,23). The van der Waals surface area contributed by atoms with Gasteiger partial charge in [-0.3, -0.25) is 0 Å². The molecule has 1 saturated heterocycles. The molecule has 28 heavy (non-hydrogen) atoms. The minimum atomic E-state index is -0.225. The van der Waals surface area contributed by atoms with E-state index >= 15 is 0 Å². The molecule has 0 bridgehead atoms. The summed E-state index contributed by atoms with van der Waals surface area (Å²) in [5, 5.41) is 3.37. The van der Waals surface area contributed by atoms with Gasteiger partial charge in [-0.15, -0.1) is 0 Å². The van der Waals surface area contributed by atoms with Gasteiger partial charge in [0.2, 0.25) is 0 Å². The fourth-order valence-electron chi connectivity index (χ4n) is 3.41. The lowest BCUT2D eigenvalue weighted by Gasteiger charge is -2.35. The summed E-state index contributed by atoms with van der Waals surface area (Å²) >= 11 is 0. The Labute approximate surface area is 167 Å². The third-order valence-electron chi connectivity index (χ3n) is 4.97. The topological polar surface area (TPSA) is 60.4 Å². The summed E-state index contributed by atoms with van der Waals surface area (Å²) in [4.78, 5) is 23.0. The molecule has 1 aromatic carbocycles. The quantitative estimate of drug-likeness (QED) is 0.479. The van der Waals surface area contributed by atoms with Crippen molar-refractivity contribution in [3.63, 3.8) is 0 Å². The number of carbonyl (C=O) groups excluding carboxylic acids is 1. The molecular formula is C21H31N5O2. The zero-order valence-corrected chi connectivity index (χ0v) is 16.9. The van der Waals surface area contributed by atoms with E-state index in [1.807, 2.05) is 6.92 Å². The Hall–Kier alpha value is -2.70. The lowest BCUT2D eigenvalue weighted by atomic mass is 10.2. The Morgan fingerprint density at radius 1 is 1.04 bits per heavy atom. The van der Waals surface area contributed by atoms with E-state index in [9.17, 15) is 4.79 Å². The molecule has 0 saturated carbocycles. The number of aliphatic imine (C=N–C) groups is 1. The minimum Gasteiger partial charge on any atom is -0.450 e. The van der Waals surface area contributed by atoms with E-state index in [0.717, 1.165) is 38.7 Å². The maximum absolute atomic E-state index is 11.9. The van der Waals surface area contributed by atoms with Gasteiger partial charge in [-0.1, -0.05) is 24.3 Å². The number of ether oxygens (including phenoxy) is 1. The van der Waals surface area contributed by atoms with Crippen molar-refractivity contribution in [1.82, 2.24) is 15.1 Å². The van der Waals surface area contributed by atoms with Crippen LogP contribution in [0.2, 0.25) is 0 Å². The van der Waals surface area contributed by atoms with Gasteiger partial charge in [-0.25, -0.2) is 9.79 Å². The average Bonchev–Trinajstić information content (AvgIpc) is 3.27. The summed E-state index contributed by atoms with van der Waals surface area (Å²) in [6.07, 6.45) is 4.17. The number of nitrogens with one attached hydrogen (secondary N) is 1. The van der Waals surface area contributed by atoms with Crippen LogP contribution in [0.3, 0.4) is 0 Å². The highest BCUT2D eigenvalue weighted by Gasteiger charge is 2.23. The molecule has 2 heterocycles. The van der Waals surface area contributed by atoms with Crippen LogP contribution >= 0.6 is 0 Å². The molecule has 152 valence electrons. The van der Waals surface area contributed by atoms with Gasteiger partial charge in [-0.2, -0.15) is 0 Å². The van der Waals surface area contributed by atoms with Crippen LogP contribution in [0.5, 0.6) is 0 Å². The molecule has 7 nitrogen and oxygen atoms in total. The minimum absolute atomic E-state index is 0.225. The number of rotatable bonds is 5. The number of piperazine rings is 1. The molecule has 0 unspecified atom stereocenters. The maximum atomic E-state index is 11.9. The Morgan fingerprint density at radius 2 is 1.68 bits per heavy atom. The zero-order valence-electron chi connectivity index (χ0n) is 16.9. The van der Waals surface area contributed by atoms with Crippen LogP contribution < -0.4 is 10.2 Å². The number of carbonyl (C=O) groups is 1. The predicted molar refractivity (Wildman–Crippen MR) is 113 cm³/mol. The number of hydrogen-bond donors (Lipinski definition) is 1. The van der Waals surface area contributed by atoms with Crippen LogP contribution in [0.1, 0.15) is 19.4 Å². The highest BCUT2D eigenvalue weighted by molar-refractivity contribution is 5.80. The first kappa shape index (κ1) is 20.0. The number of hydrogen-bond acceptors (Lipinski definition) is 4. The van der Waals surface area contributed by atoms with Gasteiger partial charge in [-0.05, 0) is 31.5 Å². The van der Waals surface area contributed by atoms with Crippen LogP contribution in [0.15, 0.2) is 41.4 Å². The Bertz CT molecular complexity index is 685. The van der Waals surface area contributed by atoms with Gasteiger partial charge in [0.05, 0.1) is 13.2 Å². The largest absolute Gasteiger partial charge is 0.450 e. The predicted octanol–water partition coefficient (Wildman–Crippen LogP) is 2.30. The molecular weight excluding hydrogens is 354 g/mol. The second-order valence-corrected chi connectivity index (χ2v) is 6.89. The maximum Gasteiger partial charge on any atom is 0.409 e. The molecule has 2 aliphatic heterocycles. The monoisotopic (exact) mass is 385 g/mol. The Balaban J connectivity index is 1.56. The number of amides is 1. The van der Waals surface area contributed by atoms with Crippen LogP contribution in [-0.2, 0) is 11.3 Å². The van der Waals surface area contributed by atoms with Crippen molar-refractivity contribution in [2.45, 2.75) is 20.4 Å². The van der Waals surface area contributed by atoms with E-state index in [0.29, 0.717) is 26.2 Å². The van der Waals surface area contributed by atoms with Crippen molar-refractivity contribution < 1.29 is 9.53 Å². The first-order valence-corrected chi connectivity index (χ1v) is 10.1. The summed E-state index contributed by atoms with van der Waals surface area (Å²) < 4.78 is 5.09. The van der Waals surface area contributed by atoms with Crippen LogP contribution in [0.4, 0.5) is 10.5 Å². The van der Waals surface area contributed by atoms with Gasteiger partial charge < -0.3 is 24.8 Å². The van der Waals surface area contributed by atoms with Crippen LogP contribution in [0, 0.1) is 0 Å². The van der Waals surface area contributed by atoms with Gasteiger partial charge in [0.1, 0.15) is 0 Å². The Kier molecular flexibility index (Phi) is 7.17. The van der Waals surface area contributed by atoms with Gasteiger partial charge in [0.25, 0.3) is 0 Å². The second kappa shape index (κ2) is 10.0. The van der Waals surface area contributed by atoms with E-state index in [4.69, 9.17) is 9.73 Å². The molecule has 2 aliphatic rings. The summed E-state index contributed by atoms with van der Waals surface area (Å²) in [7, 11) is 0. The average molecular weight is 386 g/mol. The molecule has 0 radical (unpaired) electrons. The highest BCUT2D eigenvalue weighted by atomic mass is 16.6. The van der Waals surface area contributed by atoms with Gasteiger partial charge in [0, 0.05) is 51.5 Å². The Morgan fingerprint density at radius 3 is 2.29 bits per heavy atom. The summed E-state index contributed by atoms with van der Waals surface area (Å²) in [5.74, 6) is 0.902. The first-order valence-electron chi connectivity index (χ1n) is 10.1. The molecule has 0 atom stereocenters. The molecule has 7 heteroatoms. The molecule has 0 aliphatic carbocycles. The van der Waals surface area contributed by atoms with E-state index in [1.54, 1.807) is 4.90 Å². The van der Waals surface area contributed by atoms with Crippen molar-refractivity contribution in [2.24, 2.45) is 4.99 Å². The van der Waals surface area contributed by atoms with Crippen LogP contribution in [0.25, 0.3) is 0 Å². The third kappa shape index (κ3) is 5.18. The number of guanidine groups is 1. The second-order valence-electron chi connectivity index (χ2n) is 6.89. The molecule has 0 aromatic heterocycles. The van der Waals surface area contributed by atoms with Crippen molar-refractivity contribution in [1.29, 1.82) is 0 Å². The number of benzene rings is 1. The lowest BCUT2D eigenvalue weighted by molar-refractivity contribution is 0.0914. The molecule has 0 spiro atoms. The SMILES string of the molecule is CCNC(=NCc1ccc(N2CC=CC2)cc1)N1CCN(C(=O)OCC)CC1. The van der Waals surface area contributed by atoms with E-state index in [-0.39, 0.29) is 6.09 Å². The summed E-state index contributed by atoms with van der Waals surface area (Å²) in [5.41, 5.74) is 2.44. The molecule has 3 rings (SSSR count). The zero-order chi connectivity index (χ0) is 19.8.